The number of carbonyl (C=O) groups excluding carboxylic acids is 2. The lowest BCUT2D eigenvalue weighted by Gasteiger charge is -2.39. The molecule has 5 rings (SSSR count). The first kappa shape index (κ1) is 21.2. The molecular weight excluding hydrogens is 412 g/mol. The Kier molecular flexibility index (Phi) is 4.96. The molecule has 1 amide bonds. The topological polar surface area (TPSA) is 76.0 Å². The molecule has 168 valence electrons. The third kappa shape index (κ3) is 3.86. The van der Waals surface area contributed by atoms with Gasteiger partial charge in [-0.3, -0.25) is 9.59 Å². The molecule has 0 saturated heterocycles. The van der Waals surface area contributed by atoms with Gasteiger partial charge in [0.1, 0.15) is 17.4 Å². The van der Waals surface area contributed by atoms with E-state index in [9.17, 15) is 9.59 Å². The van der Waals surface area contributed by atoms with Gasteiger partial charge in [0.15, 0.2) is 5.78 Å². The molecule has 1 aliphatic heterocycles. The fraction of sp³-hybridized carbons (Fsp3) is 0.296. The molecule has 6 nitrogen and oxygen atoms in total. The highest BCUT2D eigenvalue weighted by molar-refractivity contribution is 6.08. The molecule has 33 heavy (non-hydrogen) atoms. The molecule has 2 aliphatic rings. The van der Waals surface area contributed by atoms with Gasteiger partial charge in [-0.05, 0) is 43.4 Å². The average molecular weight is 441 g/mol. The number of amides is 1. The fourth-order valence-electron chi connectivity index (χ4n) is 4.77. The summed E-state index contributed by atoms with van der Waals surface area (Å²) in [6.07, 6.45) is 2.81. The molecule has 1 atom stereocenters. The van der Waals surface area contributed by atoms with Crippen LogP contribution in [0.15, 0.2) is 66.0 Å². The molecule has 0 radical (unpaired) electrons. The second-order valence-electron chi connectivity index (χ2n) is 9.94. The van der Waals surface area contributed by atoms with E-state index in [1.807, 2.05) is 62.4 Å². The Hall–Kier alpha value is -3.67. The molecule has 0 saturated carbocycles. The summed E-state index contributed by atoms with van der Waals surface area (Å²) in [5.74, 6) is 0.515. The van der Waals surface area contributed by atoms with E-state index in [0.29, 0.717) is 17.8 Å². The average Bonchev–Trinajstić information content (AvgIpc) is 3.17. The summed E-state index contributed by atoms with van der Waals surface area (Å²) >= 11 is 0. The maximum absolute atomic E-state index is 13.3. The van der Waals surface area contributed by atoms with E-state index in [1.54, 1.807) is 10.9 Å². The summed E-state index contributed by atoms with van der Waals surface area (Å²) in [7, 11) is 0. The van der Waals surface area contributed by atoms with Gasteiger partial charge in [-0.2, -0.15) is 5.10 Å². The van der Waals surface area contributed by atoms with Crippen molar-refractivity contribution in [2.24, 2.45) is 5.41 Å². The first-order valence-corrected chi connectivity index (χ1v) is 11.3. The van der Waals surface area contributed by atoms with E-state index in [0.717, 1.165) is 40.1 Å². The Bertz CT molecular complexity index is 1280. The summed E-state index contributed by atoms with van der Waals surface area (Å²) in [6.45, 7) is 8.26. The minimum atomic E-state index is -0.360. The smallest absolute Gasteiger partial charge is 0.261 e. The summed E-state index contributed by atoms with van der Waals surface area (Å²) in [6, 6.07) is 15.5. The fourth-order valence-corrected chi connectivity index (χ4v) is 4.77. The van der Waals surface area contributed by atoms with Gasteiger partial charge in [-0.1, -0.05) is 61.4 Å². The van der Waals surface area contributed by atoms with Gasteiger partial charge in [0.25, 0.3) is 5.91 Å². The Balaban J connectivity index is 1.58. The number of aryl methyl sites for hydroxylation is 2. The first-order chi connectivity index (χ1) is 15.7. The van der Waals surface area contributed by atoms with Crippen molar-refractivity contribution in [3.63, 3.8) is 0 Å². The quantitative estimate of drug-likeness (QED) is 0.571. The number of nitrogens with one attached hydrogen (secondary N) is 2. The summed E-state index contributed by atoms with van der Waals surface area (Å²) in [5.41, 5.74) is 5.93. The standard InChI is InChI=1S/C27H28N4O2/c1-16-5-9-18(10-6-16)24-23-21(13-27(3,4)14-22(23)32)30-25-20(15-28-31(24)25)26(33)29-19-11-7-17(2)8-12-19/h5-12,15,24,30H,13-14H2,1-4H3,(H,29,33)/t24-/m0/s1. The van der Waals surface area contributed by atoms with Crippen LogP contribution in [0, 0.1) is 19.3 Å². The van der Waals surface area contributed by atoms with E-state index in [-0.39, 0.29) is 23.1 Å². The highest BCUT2D eigenvalue weighted by Gasteiger charge is 2.42. The maximum atomic E-state index is 13.3. The molecule has 0 spiro atoms. The van der Waals surface area contributed by atoms with Crippen molar-refractivity contribution in [3.8, 4) is 0 Å². The van der Waals surface area contributed by atoms with Gasteiger partial charge in [0.05, 0.1) is 6.20 Å². The predicted octanol–water partition coefficient (Wildman–Crippen LogP) is 5.41. The van der Waals surface area contributed by atoms with E-state index >= 15 is 0 Å². The SMILES string of the molecule is Cc1ccc(NC(=O)c2cnn3c2NC2=C(C(=O)CC(C)(C)C2)[C@@H]3c2ccc(C)cc2)cc1. The van der Waals surface area contributed by atoms with Crippen LogP contribution < -0.4 is 10.6 Å². The number of Topliss-reactive ketones (excluding diaryl/α,β-unsaturated/α-hetero) is 1. The molecule has 1 aliphatic carbocycles. The Morgan fingerprint density at radius 2 is 1.67 bits per heavy atom. The highest BCUT2D eigenvalue weighted by atomic mass is 16.1. The lowest BCUT2D eigenvalue weighted by molar-refractivity contribution is -0.118. The Morgan fingerprint density at radius 1 is 1.03 bits per heavy atom. The van der Waals surface area contributed by atoms with Crippen molar-refractivity contribution in [1.29, 1.82) is 0 Å². The summed E-state index contributed by atoms with van der Waals surface area (Å²) in [4.78, 5) is 26.5. The van der Waals surface area contributed by atoms with Crippen LogP contribution >= 0.6 is 0 Å². The molecule has 2 N–H and O–H groups in total. The lowest BCUT2D eigenvalue weighted by Crippen LogP contribution is -2.37. The van der Waals surface area contributed by atoms with Crippen LogP contribution in [0.1, 0.15) is 59.8 Å². The number of aromatic nitrogens is 2. The first-order valence-electron chi connectivity index (χ1n) is 11.3. The second-order valence-corrected chi connectivity index (χ2v) is 9.94. The molecule has 2 heterocycles. The number of hydrogen-bond donors (Lipinski definition) is 2. The van der Waals surface area contributed by atoms with Gasteiger partial charge in [0, 0.05) is 23.4 Å². The molecule has 0 bridgehead atoms. The number of rotatable bonds is 3. The Labute approximate surface area is 193 Å². The van der Waals surface area contributed by atoms with Crippen LogP contribution in [0.2, 0.25) is 0 Å². The van der Waals surface area contributed by atoms with Crippen molar-refractivity contribution >= 4 is 23.2 Å². The molecule has 0 unspecified atom stereocenters. The summed E-state index contributed by atoms with van der Waals surface area (Å²) in [5, 5.41) is 11.0. The largest absolute Gasteiger partial charge is 0.343 e. The normalized spacial score (nSPS) is 18.9. The van der Waals surface area contributed by atoms with Crippen LogP contribution in [-0.2, 0) is 4.79 Å². The molecule has 6 heteroatoms. The molecule has 0 fully saturated rings. The van der Waals surface area contributed by atoms with Crippen molar-refractivity contribution in [1.82, 2.24) is 9.78 Å². The number of anilines is 2. The van der Waals surface area contributed by atoms with Crippen molar-refractivity contribution in [2.75, 3.05) is 10.6 Å². The van der Waals surface area contributed by atoms with Crippen LogP contribution in [0.4, 0.5) is 11.5 Å². The van der Waals surface area contributed by atoms with Gasteiger partial charge < -0.3 is 10.6 Å². The van der Waals surface area contributed by atoms with E-state index < -0.39 is 0 Å². The van der Waals surface area contributed by atoms with Crippen LogP contribution in [0.3, 0.4) is 0 Å². The number of ketones is 1. The molecular formula is C27H28N4O2. The molecule has 1 aromatic heterocycles. The predicted molar refractivity (Wildman–Crippen MR) is 129 cm³/mol. The van der Waals surface area contributed by atoms with Gasteiger partial charge in [0.2, 0.25) is 0 Å². The summed E-state index contributed by atoms with van der Waals surface area (Å²) < 4.78 is 1.78. The van der Waals surface area contributed by atoms with E-state index in [4.69, 9.17) is 0 Å². The minimum Gasteiger partial charge on any atom is -0.343 e. The molecule has 3 aromatic rings. The maximum Gasteiger partial charge on any atom is 0.261 e. The van der Waals surface area contributed by atoms with Crippen molar-refractivity contribution in [2.45, 2.75) is 46.6 Å². The van der Waals surface area contributed by atoms with Gasteiger partial charge in [-0.15, -0.1) is 0 Å². The third-order valence-electron chi connectivity index (χ3n) is 6.45. The van der Waals surface area contributed by atoms with E-state index in [1.165, 1.54) is 0 Å². The number of benzene rings is 2. The number of nitrogens with zero attached hydrogens (tertiary/aromatic N) is 2. The minimum absolute atomic E-state index is 0.131. The van der Waals surface area contributed by atoms with Gasteiger partial charge >= 0.3 is 0 Å². The number of hydrogen-bond acceptors (Lipinski definition) is 4. The monoisotopic (exact) mass is 440 g/mol. The van der Waals surface area contributed by atoms with E-state index in [2.05, 4.69) is 29.6 Å². The van der Waals surface area contributed by atoms with Crippen molar-refractivity contribution in [3.05, 3.63) is 88.3 Å². The number of carbonyl (C=O) groups is 2. The van der Waals surface area contributed by atoms with Gasteiger partial charge in [-0.25, -0.2) is 4.68 Å². The van der Waals surface area contributed by atoms with Crippen LogP contribution in [0.25, 0.3) is 0 Å². The number of fused-ring (bicyclic) bond motifs is 1. The molecule has 2 aromatic carbocycles. The zero-order valence-electron chi connectivity index (χ0n) is 19.4. The second kappa shape index (κ2) is 7.73. The zero-order chi connectivity index (χ0) is 23.3. The van der Waals surface area contributed by atoms with Crippen LogP contribution in [-0.4, -0.2) is 21.5 Å². The van der Waals surface area contributed by atoms with Crippen molar-refractivity contribution < 1.29 is 9.59 Å². The lowest BCUT2D eigenvalue weighted by atomic mass is 9.73. The zero-order valence-corrected chi connectivity index (χ0v) is 19.4. The third-order valence-corrected chi connectivity index (χ3v) is 6.45. The number of allylic oxidation sites excluding steroid dienone is 2. The Morgan fingerprint density at radius 3 is 2.33 bits per heavy atom. The van der Waals surface area contributed by atoms with Crippen LogP contribution in [0.5, 0.6) is 0 Å². The highest BCUT2D eigenvalue weighted by Crippen LogP contribution is 2.46.